The van der Waals surface area contributed by atoms with Crippen LogP contribution in [-0.4, -0.2) is 11.3 Å². The largest absolute Gasteiger partial charge is 0.507 e. The van der Waals surface area contributed by atoms with E-state index in [4.69, 9.17) is 4.99 Å². The highest BCUT2D eigenvalue weighted by molar-refractivity contribution is 6.03. The lowest BCUT2D eigenvalue weighted by molar-refractivity contribution is 0.475. The van der Waals surface area contributed by atoms with Gasteiger partial charge in [0, 0.05) is 11.8 Å². The molecule has 0 saturated heterocycles. The molecule has 3 aromatic carbocycles. The van der Waals surface area contributed by atoms with Crippen molar-refractivity contribution >= 4 is 22.7 Å². The van der Waals surface area contributed by atoms with Gasteiger partial charge in [0.05, 0.1) is 5.69 Å². The van der Waals surface area contributed by atoms with Crippen LogP contribution in [0.3, 0.4) is 0 Å². The third-order valence-corrected chi connectivity index (χ3v) is 4.61. The van der Waals surface area contributed by atoms with Gasteiger partial charge in [-0.05, 0) is 39.8 Å². The Labute approximate surface area is 149 Å². The fraction of sp³-hybridized carbons (Fsp3) is 0.261. The molecule has 2 nitrogen and oxygen atoms in total. The molecule has 1 N–H and O–H groups in total. The fourth-order valence-corrected chi connectivity index (χ4v) is 3.21. The smallest absolute Gasteiger partial charge is 0.124 e. The molecule has 3 aromatic rings. The molecule has 0 aliphatic carbocycles. The number of para-hydroxylation sites is 1. The van der Waals surface area contributed by atoms with E-state index in [0.717, 1.165) is 22.0 Å². The summed E-state index contributed by atoms with van der Waals surface area (Å²) < 4.78 is 0. The second-order valence-corrected chi connectivity index (χ2v) is 7.07. The van der Waals surface area contributed by atoms with Crippen LogP contribution in [0.1, 0.15) is 56.2 Å². The van der Waals surface area contributed by atoms with Crippen molar-refractivity contribution in [3.05, 3.63) is 71.3 Å². The van der Waals surface area contributed by atoms with Gasteiger partial charge in [-0.1, -0.05) is 76.2 Å². The number of hydrogen-bond donors (Lipinski definition) is 1. The summed E-state index contributed by atoms with van der Waals surface area (Å²) in [6.45, 7) is 8.75. The SMILES string of the molecule is CC(C)c1cccc(C(C)C)c1N=Cc1c(O)ccc2ccccc12. The van der Waals surface area contributed by atoms with E-state index in [1.165, 1.54) is 11.1 Å². The van der Waals surface area contributed by atoms with E-state index >= 15 is 0 Å². The first kappa shape index (κ1) is 17.2. The molecule has 0 fully saturated rings. The van der Waals surface area contributed by atoms with Gasteiger partial charge in [-0.3, -0.25) is 4.99 Å². The number of aromatic hydroxyl groups is 1. The molecule has 3 rings (SSSR count). The van der Waals surface area contributed by atoms with Gasteiger partial charge in [-0.15, -0.1) is 0 Å². The topological polar surface area (TPSA) is 32.6 Å². The average molecular weight is 331 g/mol. The normalized spacial score (nSPS) is 11.9. The van der Waals surface area contributed by atoms with Gasteiger partial charge in [0.2, 0.25) is 0 Å². The van der Waals surface area contributed by atoms with Crippen molar-refractivity contribution in [2.24, 2.45) is 4.99 Å². The highest BCUT2D eigenvalue weighted by Crippen LogP contribution is 2.35. The molecule has 0 aliphatic heterocycles. The molecule has 0 heterocycles. The van der Waals surface area contributed by atoms with Gasteiger partial charge in [-0.2, -0.15) is 0 Å². The van der Waals surface area contributed by atoms with E-state index in [0.29, 0.717) is 11.8 Å². The minimum absolute atomic E-state index is 0.260. The third kappa shape index (κ3) is 3.43. The molecule has 0 aliphatic rings. The summed E-state index contributed by atoms with van der Waals surface area (Å²) in [5.74, 6) is 1.05. The molecular weight excluding hydrogens is 306 g/mol. The van der Waals surface area contributed by atoms with Gasteiger partial charge < -0.3 is 5.11 Å². The second-order valence-electron chi connectivity index (χ2n) is 7.07. The number of nitrogens with zero attached hydrogens (tertiary/aromatic N) is 1. The first-order chi connectivity index (χ1) is 12.0. The number of rotatable bonds is 4. The Morgan fingerprint density at radius 2 is 1.44 bits per heavy atom. The molecule has 0 radical (unpaired) electrons. The van der Waals surface area contributed by atoms with Gasteiger partial charge >= 0.3 is 0 Å². The zero-order valence-corrected chi connectivity index (χ0v) is 15.3. The fourth-order valence-electron chi connectivity index (χ4n) is 3.21. The lowest BCUT2D eigenvalue weighted by Crippen LogP contribution is -1.96. The number of phenols is 1. The maximum absolute atomic E-state index is 10.4. The minimum Gasteiger partial charge on any atom is -0.507 e. The van der Waals surface area contributed by atoms with Crippen molar-refractivity contribution in [1.29, 1.82) is 0 Å². The predicted octanol–water partition coefficient (Wildman–Crippen LogP) is 6.54. The van der Waals surface area contributed by atoms with Crippen LogP contribution < -0.4 is 0 Å². The highest BCUT2D eigenvalue weighted by atomic mass is 16.3. The summed E-state index contributed by atoms with van der Waals surface area (Å²) in [7, 11) is 0. The van der Waals surface area contributed by atoms with Crippen molar-refractivity contribution in [3.8, 4) is 5.75 Å². The van der Waals surface area contributed by atoms with Gasteiger partial charge in [0.15, 0.2) is 0 Å². The van der Waals surface area contributed by atoms with Crippen LogP contribution >= 0.6 is 0 Å². The number of aliphatic imine (C=N–C) groups is 1. The Balaban J connectivity index is 2.17. The van der Waals surface area contributed by atoms with Crippen LogP contribution in [0, 0.1) is 0 Å². The van der Waals surface area contributed by atoms with Crippen molar-refractivity contribution in [2.75, 3.05) is 0 Å². The van der Waals surface area contributed by atoms with Crippen molar-refractivity contribution < 1.29 is 5.11 Å². The quantitative estimate of drug-likeness (QED) is 0.541. The van der Waals surface area contributed by atoms with E-state index in [9.17, 15) is 5.11 Å². The van der Waals surface area contributed by atoms with Gasteiger partial charge in [0.25, 0.3) is 0 Å². The summed E-state index contributed by atoms with van der Waals surface area (Å²) in [4.78, 5) is 4.84. The maximum Gasteiger partial charge on any atom is 0.124 e. The summed E-state index contributed by atoms with van der Waals surface area (Å²) in [6.07, 6.45) is 1.81. The first-order valence-corrected chi connectivity index (χ1v) is 8.86. The molecule has 128 valence electrons. The molecule has 0 aromatic heterocycles. The number of fused-ring (bicyclic) bond motifs is 1. The Morgan fingerprint density at radius 1 is 0.800 bits per heavy atom. The summed E-state index contributed by atoms with van der Waals surface area (Å²) >= 11 is 0. The minimum atomic E-state index is 0.260. The van der Waals surface area contributed by atoms with Crippen LogP contribution in [0.4, 0.5) is 5.69 Å². The molecule has 0 atom stereocenters. The molecule has 25 heavy (non-hydrogen) atoms. The lowest BCUT2D eigenvalue weighted by atomic mass is 9.93. The molecule has 0 spiro atoms. The summed E-state index contributed by atoms with van der Waals surface area (Å²) in [5, 5.41) is 12.5. The average Bonchev–Trinajstić information content (AvgIpc) is 2.60. The molecule has 2 heteroatoms. The second kappa shape index (κ2) is 7.10. The van der Waals surface area contributed by atoms with E-state index in [1.54, 1.807) is 6.07 Å². The van der Waals surface area contributed by atoms with Gasteiger partial charge in [-0.25, -0.2) is 0 Å². The first-order valence-electron chi connectivity index (χ1n) is 8.86. The molecule has 0 saturated carbocycles. The molecule has 0 unspecified atom stereocenters. The zero-order chi connectivity index (χ0) is 18.0. The van der Waals surface area contributed by atoms with Crippen LogP contribution in [0.25, 0.3) is 10.8 Å². The van der Waals surface area contributed by atoms with Crippen molar-refractivity contribution in [1.82, 2.24) is 0 Å². The molecular formula is C23H25NO. The summed E-state index contributed by atoms with van der Waals surface area (Å²) in [5.41, 5.74) is 4.27. The van der Waals surface area contributed by atoms with Crippen molar-refractivity contribution in [2.45, 2.75) is 39.5 Å². The molecule has 0 amide bonds. The Kier molecular flexibility index (Phi) is 4.89. The Hall–Kier alpha value is -2.61. The number of hydrogen-bond acceptors (Lipinski definition) is 2. The number of benzene rings is 3. The van der Waals surface area contributed by atoms with Crippen molar-refractivity contribution in [3.63, 3.8) is 0 Å². The standard InChI is InChI=1S/C23H25NO/c1-15(2)18-10-7-11-19(16(3)4)23(18)24-14-21-20-9-6-5-8-17(20)12-13-22(21)25/h5-16,25H,1-4H3. The zero-order valence-electron chi connectivity index (χ0n) is 15.3. The van der Waals surface area contributed by atoms with E-state index in [2.05, 4.69) is 45.9 Å². The van der Waals surface area contributed by atoms with Crippen LogP contribution in [0.5, 0.6) is 5.75 Å². The molecule has 0 bridgehead atoms. The van der Waals surface area contributed by atoms with E-state index < -0.39 is 0 Å². The van der Waals surface area contributed by atoms with Gasteiger partial charge in [0.1, 0.15) is 5.75 Å². The predicted molar refractivity (Wildman–Crippen MR) is 107 cm³/mol. The van der Waals surface area contributed by atoms with Crippen LogP contribution in [-0.2, 0) is 0 Å². The third-order valence-electron chi connectivity index (χ3n) is 4.61. The number of phenolic OH excluding ortho intramolecular Hbond substituents is 1. The Bertz CT molecular complexity index is 896. The maximum atomic E-state index is 10.4. The lowest BCUT2D eigenvalue weighted by Gasteiger charge is -2.16. The highest BCUT2D eigenvalue weighted by Gasteiger charge is 2.13. The van der Waals surface area contributed by atoms with E-state index in [1.807, 2.05) is 36.5 Å². The Morgan fingerprint density at radius 3 is 2.08 bits per heavy atom. The van der Waals surface area contributed by atoms with Crippen LogP contribution in [0.2, 0.25) is 0 Å². The van der Waals surface area contributed by atoms with E-state index in [-0.39, 0.29) is 5.75 Å². The summed E-state index contributed by atoms with van der Waals surface area (Å²) in [6, 6.07) is 18.1. The monoisotopic (exact) mass is 331 g/mol. The van der Waals surface area contributed by atoms with Crippen LogP contribution in [0.15, 0.2) is 59.6 Å².